The van der Waals surface area contributed by atoms with E-state index in [-0.39, 0.29) is 11.7 Å². The minimum Gasteiger partial charge on any atom is -0.325 e. The number of amides is 1. The van der Waals surface area contributed by atoms with Gasteiger partial charge in [0, 0.05) is 33.9 Å². The molecule has 1 amide bonds. The van der Waals surface area contributed by atoms with Gasteiger partial charge in [0.2, 0.25) is 5.91 Å². The number of halogens is 2. The summed E-state index contributed by atoms with van der Waals surface area (Å²) in [5.41, 5.74) is 4.20. The second-order valence-electron chi connectivity index (χ2n) is 6.48. The number of nitrogens with one attached hydrogen (secondary N) is 1. The van der Waals surface area contributed by atoms with Crippen LogP contribution in [0.4, 0.5) is 10.1 Å². The number of rotatable bonds is 1. The molecule has 0 radical (unpaired) electrons. The van der Waals surface area contributed by atoms with Gasteiger partial charge in [0.1, 0.15) is 5.82 Å². The van der Waals surface area contributed by atoms with Crippen LogP contribution in [0.2, 0.25) is 0 Å². The number of hydrogen-bond donors (Lipinski definition) is 1. The van der Waals surface area contributed by atoms with E-state index in [4.69, 9.17) is 4.99 Å². The maximum Gasteiger partial charge on any atom is 0.224 e. The van der Waals surface area contributed by atoms with E-state index in [2.05, 4.69) is 32.3 Å². The molecular formula is C22H21BrFN3O. The molecule has 28 heavy (non-hydrogen) atoms. The van der Waals surface area contributed by atoms with Gasteiger partial charge in [0.25, 0.3) is 0 Å². The number of anilines is 1. The van der Waals surface area contributed by atoms with Crippen LogP contribution >= 0.6 is 15.9 Å². The summed E-state index contributed by atoms with van der Waals surface area (Å²) in [6.07, 6.45) is 7.43. The highest BCUT2D eigenvalue weighted by Crippen LogP contribution is 2.29. The minimum atomic E-state index is -0.377. The second-order valence-corrected chi connectivity index (χ2v) is 7.40. The van der Waals surface area contributed by atoms with Gasteiger partial charge in [0.15, 0.2) is 0 Å². The van der Waals surface area contributed by atoms with Gasteiger partial charge in [-0.1, -0.05) is 12.2 Å². The van der Waals surface area contributed by atoms with E-state index in [1.54, 1.807) is 12.3 Å². The lowest BCUT2D eigenvalue weighted by atomic mass is 10.0. The Morgan fingerprint density at radius 3 is 2.79 bits per heavy atom. The maximum absolute atomic E-state index is 13.9. The molecule has 2 heterocycles. The van der Waals surface area contributed by atoms with E-state index >= 15 is 0 Å². The zero-order valence-corrected chi connectivity index (χ0v) is 17.4. The molecule has 0 bridgehead atoms. The van der Waals surface area contributed by atoms with E-state index in [1.165, 1.54) is 12.1 Å². The molecule has 0 atom stereocenters. The van der Waals surface area contributed by atoms with Gasteiger partial charge >= 0.3 is 0 Å². The number of aromatic nitrogens is 1. The molecule has 1 aliphatic heterocycles. The van der Waals surface area contributed by atoms with E-state index in [0.717, 1.165) is 27.9 Å². The zero-order chi connectivity index (χ0) is 20.1. The van der Waals surface area contributed by atoms with E-state index in [9.17, 15) is 9.18 Å². The quantitative estimate of drug-likeness (QED) is 0.588. The SMILES string of the molecule is C\C=C1/N=C(C)/C(c2ccc(Br)cn2)=C\CCCC(=O)Nc2ccc(F)cc21. The molecule has 6 heteroatoms. The first-order valence-electron chi connectivity index (χ1n) is 9.12. The van der Waals surface area contributed by atoms with Crippen molar-refractivity contribution < 1.29 is 9.18 Å². The van der Waals surface area contributed by atoms with Crippen molar-refractivity contribution in [3.8, 4) is 0 Å². The van der Waals surface area contributed by atoms with E-state index in [0.29, 0.717) is 29.8 Å². The molecule has 0 spiro atoms. The lowest BCUT2D eigenvalue weighted by molar-refractivity contribution is -0.116. The summed E-state index contributed by atoms with van der Waals surface area (Å²) in [6.45, 7) is 3.76. The largest absolute Gasteiger partial charge is 0.325 e. The van der Waals surface area contributed by atoms with E-state index in [1.807, 2.05) is 32.1 Å². The average Bonchev–Trinajstić information content (AvgIpc) is 2.67. The standard InChI is InChI=1S/C22H21BrFN3O/c1-3-19-18-12-16(24)9-11-21(18)27-22(28)7-5-4-6-17(14(2)26-19)20-10-8-15(23)13-25-20/h3,6,8-13H,4-5,7H2,1-2H3,(H,27,28)/b17-6+,19-3-,26-14+. The number of carbonyl (C=O) groups excluding carboxylic acids is 1. The van der Waals surface area contributed by atoms with Crippen LogP contribution in [-0.4, -0.2) is 16.6 Å². The van der Waals surface area contributed by atoms with Gasteiger partial charge in [-0.15, -0.1) is 0 Å². The first-order valence-corrected chi connectivity index (χ1v) is 9.91. The number of aliphatic imine (C=N–C) groups is 1. The predicted octanol–water partition coefficient (Wildman–Crippen LogP) is 6.01. The van der Waals surface area contributed by atoms with Crippen molar-refractivity contribution in [1.29, 1.82) is 0 Å². The molecule has 0 unspecified atom stereocenters. The third-order valence-electron chi connectivity index (χ3n) is 4.44. The average molecular weight is 442 g/mol. The Labute approximate surface area is 172 Å². The number of hydrogen-bond acceptors (Lipinski definition) is 3. The monoisotopic (exact) mass is 441 g/mol. The fourth-order valence-electron chi connectivity index (χ4n) is 3.05. The number of allylic oxidation sites excluding steroid dienone is 3. The van der Waals surface area contributed by atoms with Crippen molar-refractivity contribution in [2.45, 2.75) is 33.1 Å². The predicted molar refractivity (Wildman–Crippen MR) is 116 cm³/mol. The zero-order valence-electron chi connectivity index (χ0n) is 15.8. The van der Waals surface area contributed by atoms with Crippen LogP contribution in [-0.2, 0) is 4.79 Å². The Hall–Kier alpha value is -2.60. The molecule has 2 aromatic rings. The highest BCUT2D eigenvalue weighted by Gasteiger charge is 2.15. The molecule has 0 saturated heterocycles. The van der Waals surface area contributed by atoms with E-state index < -0.39 is 0 Å². The first-order chi connectivity index (χ1) is 13.5. The van der Waals surface area contributed by atoms with Crippen LogP contribution in [0.1, 0.15) is 44.4 Å². The fourth-order valence-corrected chi connectivity index (χ4v) is 3.29. The summed E-state index contributed by atoms with van der Waals surface area (Å²) in [5, 5.41) is 2.88. The van der Waals surface area contributed by atoms with Gasteiger partial charge in [-0.05, 0) is 73.0 Å². The Bertz CT molecular complexity index is 978. The lowest BCUT2D eigenvalue weighted by Gasteiger charge is -2.15. The molecular weight excluding hydrogens is 421 g/mol. The summed E-state index contributed by atoms with van der Waals surface area (Å²) in [7, 11) is 0. The lowest BCUT2D eigenvalue weighted by Crippen LogP contribution is -2.13. The van der Waals surface area contributed by atoms with Crippen molar-refractivity contribution in [2.24, 2.45) is 4.99 Å². The van der Waals surface area contributed by atoms with Crippen LogP contribution in [0.25, 0.3) is 11.3 Å². The number of fused-ring (bicyclic) bond motifs is 1. The van der Waals surface area contributed by atoms with Gasteiger partial charge < -0.3 is 5.32 Å². The molecule has 0 fully saturated rings. The third kappa shape index (κ3) is 4.81. The number of benzene rings is 1. The number of carbonyl (C=O) groups is 1. The Kier molecular flexibility index (Phi) is 6.52. The summed E-state index contributed by atoms with van der Waals surface area (Å²) in [6, 6.07) is 8.17. The topological polar surface area (TPSA) is 54.4 Å². The van der Waals surface area contributed by atoms with Crippen LogP contribution in [0.3, 0.4) is 0 Å². The summed E-state index contributed by atoms with van der Waals surface area (Å²) in [4.78, 5) is 21.5. The Morgan fingerprint density at radius 2 is 2.07 bits per heavy atom. The third-order valence-corrected chi connectivity index (χ3v) is 4.91. The molecule has 0 aliphatic carbocycles. The summed E-state index contributed by atoms with van der Waals surface area (Å²) < 4.78 is 14.8. The smallest absolute Gasteiger partial charge is 0.224 e. The van der Waals surface area contributed by atoms with Crippen molar-refractivity contribution in [2.75, 3.05) is 5.32 Å². The van der Waals surface area contributed by atoms with Gasteiger partial charge in [0.05, 0.1) is 17.1 Å². The maximum atomic E-state index is 13.9. The fraction of sp³-hybridized carbons (Fsp3) is 0.227. The molecule has 4 nitrogen and oxygen atoms in total. The second kappa shape index (κ2) is 9.06. The van der Waals surface area contributed by atoms with Gasteiger partial charge in [-0.3, -0.25) is 14.8 Å². The van der Waals surface area contributed by atoms with Crippen LogP contribution in [0.15, 0.2) is 58.1 Å². The molecule has 1 N–H and O–H groups in total. The minimum absolute atomic E-state index is 0.0960. The first kappa shape index (κ1) is 20.1. The molecule has 0 saturated carbocycles. The van der Waals surface area contributed by atoms with Crippen molar-refractivity contribution >= 4 is 44.5 Å². The van der Waals surface area contributed by atoms with Gasteiger partial charge in [-0.25, -0.2) is 4.39 Å². The van der Waals surface area contributed by atoms with Crippen LogP contribution in [0.5, 0.6) is 0 Å². The van der Waals surface area contributed by atoms with Crippen LogP contribution < -0.4 is 5.32 Å². The van der Waals surface area contributed by atoms with Crippen molar-refractivity contribution in [3.05, 3.63) is 70.2 Å². The van der Waals surface area contributed by atoms with Gasteiger partial charge in [-0.2, -0.15) is 0 Å². The van der Waals surface area contributed by atoms with Crippen molar-refractivity contribution in [3.63, 3.8) is 0 Å². The highest BCUT2D eigenvalue weighted by molar-refractivity contribution is 9.10. The molecule has 3 rings (SSSR count). The highest BCUT2D eigenvalue weighted by atomic mass is 79.9. The molecule has 1 aromatic carbocycles. The molecule has 144 valence electrons. The number of nitrogens with zero attached hydrogens (tertiary/aromatic N) is 2. The molecule has 1 aliphatic rings. The summed E-state index contributed by atoms with van der Waals surface area (Å²) >= 11 is 3.41. The summed E-state index contributed by atoms with van der Waals surface area (Å²) in [5.74, 6) is -0.473. The Morgan fingerprint density at radius 1 is 1.25 bits per heavy atom. The Balaban J connectivity index is 2.13. The molecule has 1 aromatic heterocycles. The normalized spacial score (nSPS) is 20.7. The van der Waals surface area contributed by atoms with Crippen molar-refractivity contribution in [1.82, 2.24) is 4.98 Å². The number of pyridine rings is 1. The van der Waals surface area contributed by atoms with Crippen LogP contribution in [0, 0.1) is 5.82 Å².